The number of halogens is 2. The second-order valence-electron chi connectivity index (χ2n) is 5.33. The van der Waals surface area contributed by atoms with Crippen LogP contribution in [0, 0.1) is 0 Å². The van der Waals surface area contributed by atoms with Crippen molar-refractivity contribution in [2.75, 3.05) is 26.2 Å². The van der Waals surface area contributed by atoms with Gasteiger partial charge in [0.2, 0.25) is 0 Å². The highest BCUT2D eigenvalue weighted by Crippen LogP contribution is 2.18. The van der Waals surface area contributed by atoms with Crippen LogP contribution in [-0.4, -0.2) is 54.5 Å². The lowest BCUT2D eigenvalue weighted by molar-refractivity contribution is -0.0499. The van der Waals surface area contributed by atoms with Crippen molar-refractivity contribution in [1.29, 1.82) is 0 Å². The van der Waals surface area contributed by atoms with E-state index in [0.29, 0.717) is 24.7 Å². The van der Waals surface area contributed by atoms with Crippen LogP contribution < -0.4 is 4.74 Å². The molecule has 6 heteroatoms. The Morgan fingerprint density at radius 2 is 1.86 bits per heavy atom. The summed E-state index contributed by atoms with van der Waals surface area (Å²) < 4.78 is 28.7. The Hall–Kier alpha value is -1.69. The summed E-state index contributed by atoms with van der Waals surface area (Å²) in [5.41, 5.74) is 0.381. The van der Waals surface area contributed by atoms with Crippen molar-refractivity contribution in [3.05, 3.63) is 29.8 Å². The molecule has 0 saturated carbocycles. The standard InChI is InChI=1S/C15H20F2N2O2/c1-11(2)18-6-8-19(9-7-18)14(20)12-4-3-5-13(10-12)21-15(16)17/h3-5,10-11,15H,6-9H2,1-2H3. The molecule has 0 aromatic heterocycles. The van der Waals surface area contributed by atoms with E-state index in [1.807, 2.05) is 0 Å². The molecule has 0 radical (unpaired) electrons. The lowest BCUT2D eigenvalue weighted by Crippen LogP contribution is -2.50. The van der Waals surface area contributed by atoms with E-state index >= 15 is 0 Å². The molecular formula is C15H20F2N2O2. The number of amides is 1. The average molecular weight is 298 g/mol. The van der Waals surface area contributed by atoms with Crippen LogP contribution in [0.4, 0.5) is 8.78 Å². The van der Waals surface area contributed by atoms with Gasteiger partial charge in [-0.25, -0.2) is 0 Å². The van der Waals surface area contributed by atoms with Gasteiger partial charge in [0.25, 0.3) is 5.91 Å². The molecule has 2 rings (SSSR count). The summed E-state index contributed by atoms with van der Waals surface area (Å²) in [5.74, 6) is -0.130. The van der Waals surface area contributed by atoms with Gasteiger partial charge in [-0.1, -0.05) is 6.07 Å². The third-order valence-corrected chi connectivity index (χ3v) is 3.64. The van der Waals surface area contributed by atoms with E-state index in [0.717, 1.165) is 13.1 Å². The first-order valence-electron chi connectivity index (χ1n) is 7.05. The molecule has 0 spiro atoms. The molecule has 0 aliphatic carbocycles. The number of ether oxygens (including phenoxy) is 1. The van der Waals surface area contributed by atoms with Crippen molar-refractivity contribution >= 4 is 5.91 Å². The van der Waals surface area contributed by atoms with Crippen LogP contribution in [0.15, 0.2) is 24.3 Å². The summed E-state index contributed by atoms with van der Waals surface area (Å²) in [7, 11) is 0. The minimum Gasteiger partial charge on any atom is -0.435 e. The van der Waals surface area contributed by atoms with Gasteiger partial charge < -0.3 is 9.64 Å². The van der Waals surface area contributed by atoms with Crippen LogP contribution in [0.25, 0.3) is 0 Å². The van der Waals surface area contributed by atoms with Crippen LogP contribution in [0.1, 0.15) is 24.2 Å². The lowest BCUT2D eigenvalue weighted by Gasteiger charge is -2.37. The van der Waals surface area contributed by atoms with Crippen molar-refractivity contribution in [3.8, 4) is 5.75 Å². The number of hydrogen-bond donors (Lipinski definition) is 0. The van der Waals surface area contributed by atoms with Gasteiger partial charge in [0, 0.05) is 37.8 Å². The normalized spacial score (nSPS) is 16.6. The van der Waals surface area contributed by atoms with Gasteiger partial charge in [-0.2, -0.15) is 8.78 Å². The van der Waals surface area contributed by atoms with Crippen molar-refractivity contribution in [1.82, 2.24) is 9.80 Å². The molecule has 0 atom stereocenters. The third-order valence-electron chi connectivity index (χ3n) is 3.64. The SMILES string of the molecule is CC(C)N1CCN(C(=O)c2cccc(OC(F)F)c2)CC1. The van der Waals surface area contributed by atoms with Gasteiger partial charge in [-0.15, -0.1) is 0 Å². The number of alkyl halides is 2. The Morgan fingerprint density at radius 1 is 1.19 bits per heavy atom. The van der Waals surface area contributed by atoms with E-state index in [1.54, 1.807) is 17.0 Å². The maximum absolute atomic E-state index is 12.4. The highest BCUT2D eigenvalue weighted by atomic mass is 19.3. The van der Waals surface area contributed by atoms with Crippen LogP contribution >= 0.6 is 0 Å². The Bertz CT molecular complexity index is 486. The molecule has 1 aromatic rings. The molecule has 0 N–H and O–H groups in total. The highest BCUT2D eigenvalue weighted by Gasteiger charge is 2.23. The first kappa shape index (κ1) is 15.7. The smallest absolute Gasteiger partial charge is 0.387 e. The lowest BCUT2D eigenvalue weighted by atomic mass is 10.1. The number of nitrogens with zero attached hydrogens (tertiary/aromatic N) is 2. The molecule has 0 unspecified atom stereocenters. The molecule has 1 saturated heterocycles. The number of rotatable bonds is 4. The largest absolute Gasteiger partial charge is 0.435 e. The molecule has 1 aromatic carbocycles. The van der Waals surface area contributed by atoms with Gasteiger partial charge >= 0.3 is 6.61 Å². The molecule has 21 heavy (non-hydrogen) atoms. The van der Waals surface area contributed by atoms with E-state index in [-0.39, 0.29) is 11.7 Å². The topological polar surface area (TPSA) is 32.8 Å². The van der Waals surface area contributed by atoms with Crippen LogP contribution in [-0.2, 0) is 0 Å². The van der Waals surface area contributed by atoms with Crippen LogP contribution in [0.5, 0.6) is 5.75 Å². The monoisotopic (exact) mass is 298 g/mol. The zero-order valence-electron chi connectivity index (χ0n) is 12.3. The Morgan fingerprint density at radius 3 is 2.43 bits per heavy atom. The second kappa shape index (κ2) is 6.85. The zero-order valence-corrected chi connectivity index (χ0v) is 12.3. The van der Waals surface area contributed by atoms with Gasteiger partial charge in [0.05, 0.1) is 0 Å². The quantitative estimate of drug-likeness (QED) is 0.856. The summed E-state index contributed by atoms with van der Waals surface area (Å²) in [6.07, 6.45) is 0. The average Bonchev–Trinajstić information content (AvgIpc) is 2.46. The predicted octanol–water partition coefficient (Wildman–Crippen LogP) is 2.45. The predicted molar refractivity (Wildman–Crippen MR) is 75.7 cm³/mol. The molecule has 1 fully saturated rings. The van der Waals surface area contributed by atoms with E-state index < -0.39 is 6.61 Å². The molecule has 1 aliphatic heterocycles. The fourth-order valence-electron chi connectivity index (χ4n) is 2.43. The van der Waals surface area contributed by atoms with Crippen molar-refractivity contribution < 1.29 is 18.3 Å². The van der Waals surface area contributed by atoms with Gasteiger partial charge in [0.1, 0.15) is 5.75 Å². The maximum Gasteiger partial charge on any atom is 0.387 e. The third kappa shape index (κ3) is 4.14. The zero-order chi connectivity index (χ0) is 15.4. The first-order valence-corrected chi connectivity index (χ1v) is 7.05. The van der Waals surface area contributed by atoms with E-state index in [9.17, 15) is 13.6 Å². The van der Waals surface area contributed by atoms with Crippen molar-refractivity contribution in [3.63, 3.8) is 0 Å². The number of carbonyl (C=O) groups excluding carboxylic acids is 1. The number of piperazine rings is 1. The van der Waals surface area contributed by atoms with Crippen LogP contribution in [0.2, 0.25) is 0 Å². The summed E-state index contributed by atoms with van der Waals surface area (Å²) in [4.78, 5) is 16.4. The molecule has 1 aliphatic rings. The maximum atomic E-state index is 12.4. The Balaban J connectivity index is 2.00. The minimum absolute atomic E-state index is 0.0108. The number of hydrogen-bond acceptors (Lipinski definition) is 3. The fraction of sp³-hybridized carbons (Fsp3) is 0.533. The summed E-state index contributed by atoms with van der Waals surface area (Å²) in [5, 5.41) is 0. The number of carbonyl (C=O) groups is 1. The van der Waals surface area contributed by atoms with E-state index in [1.165, 1.54) is 12.1 Å². The molecule has 0 bridgehead atoms. The van der Waals surface area contributed by atoms with Gasteiger partial charge in [-0.3, -0.25) is 9.69 Å². The summed E-state index contributed by atoms with van der Waals surface area (Å²) in [6.45, 7) is 4.33. The highest BCUT2D eigenvalue weighted by molar-refractivity contribution is 5.94. The Kier molecular flexibility index (Phi) is 5.12. The fourth-order valence-corrected chi connectivity index (χ4v) is 2.43. The summed E-state index contributed by atoms with van der Waals surface area (Å²) in [6, 6.07) is 6.42. The molecule has 116 valence electrons. The second-order valence-corrected chi connectivity index (χ2v) is 5.33. The Labute approximate surface area is 123 Å². The first-order chi connectivity index (χ1) is 9.97. The molecular weight excluding hydrogens is 278 g/mol. The van der Waals surface area contributed by atoms with Gasteiger partial charge in [-0.05, 0) is 32.0 Å². The van der Waals surface area contributed by atoms with E-state index in [2.05, 4.69) is 23.5 Å². The summed E-state index contributed by atoms with van der Waals surface area (Å²) >= 11 is 0. The van der Waals surface area contributed by atoms with E-state index in [4.69, 9.17) is 0 Å². The van der Waals surface area contributed by atoms with Gasteiger partial charge in [0.15, 0.2) is 0 Å². The molecule has 4 nitrogen and oxygen atoms in total. The van der Waals surface area contributed by atoms with Crippen molar-refractivity contribution in [2.45, 2.75) is 26.5 Å². The molecule has 1 amide bonds. The molecule has 1 heterocycles. The van der Waals surface area contributed by atoms with Crippen molar-refractivity contribution in [2.24, 2.45) is 0 Å². The minimum atomic E-state index is -2.88. The van der Waals surface area contributed by atoms with Crippen LogP contribution in [0.3, 0.4) is 0 Å². The number of benzene rings is 1.